The molecule has 0 radical (unpaired) electrons. The molecule has 36 heavy (non-hydrogen) atoms. The molecule has 1 amide bonds. The number of hydrogen-bond donors (Lipinski definition) is 0. The number of carbonyl (C=O) groups is 1. The fourth-order valence-electron chi connectivity index (χ4n) is 4.86. The second-order valence-corrected chi connectivity index (χ2v) is 10.8. The molecule has 0 atom stereocenters. The van der Waals surface area contributed by atoms with E-state index in [1.54, 1.807) is 4.90 Å². The van der Waals surface area contributed by atoms with Gasteiger partial charge in [0.25, 0.3) is 5.91 Å². The number of fused-ring (bicyclic) bond motifs is 1. The molecule has 1 saturated heterocycles. The highest BCUT2D eigenvalue weighted by Gasteiger charge is 2.53. The number of ether oxygens (including phenoxy) is 1. The summed E-state index contributed by atoms with van der Waals surface area (Å²) in [5.41, 5.74) is 3.82. The van der Waals surface area contributed by atoms with Gasteiger partial charge in [-0.25, -0.2) is 0 Å². The van der Waals surface area contributed by atoms with Crippen molar-refractivity contribution in [2.45, 2.75) is 71.3 Å². The van der Waals surface area contributed by atoms with E-state index in [1.807, 2.05) is 67.7 Å². The van der Waals surface area contributed by atoms with E-state index >= 15 is 0 Å². The van der Waals surface area contributed by atoms with Gasteiger partial charge in [0.2, 0.25) is 0 Å². The molecule has 5 rings (SSSR count). The molecule has 2 aliphatic heterocycles. The number of carbonyl (C=O) groups excluding carboxylic acids is 1. The van der Waals surface area contributed by atoms with E-state index in [0.717, 1.165) is 59.7 Å². The normalized spacial score (nSPS) is 18.1. The van der Waals surface area contributed by atoms with Crippen LogP contribution in [0.2, 0.25) is 0 Å². The van der Waals surface area contributed by atoms with Crippen LogP contribution in [0.3, 0.4) is 0 Å². The molecule has 0 spiro atoms. The summed E-state index contributed by atoms with van der Waals surface area (Å²) in [7, 11) is 1.34. The zero-order valence-electron chi connectivity index (χ0n) is 21.9. The quantitative estimate of drug-likeness (QED) is 0.462. The topological polar surface area (TPSA) is 52.9 Å². The predicted octanol–water partition coefficient (Wildman–Crippen LogP) is 4.98. The van der Waals surface area contributed by atoms with Gasteiger partial charge in [0.15, 0.2) is 0 Å². The Hall–Kier alpha value is -3.03. The summed E-state index contributed by atoms with van der Waals surface area (Å²) < 4.78 is 20.8. The van der Waals surface area contributed by atoms with E-state index in [2.05, 4.69) is 32.3 Å². The number of anilines is 1. The molecule has 2 aliphatic rings. The highest BCUT2D eigenvalue weighted by molar-refractivity contribution is 6.61. The molecule has 0 unspecified atom stereocenters. The lowest BCUT2D eigenvalue weighted by atomic mass is 9.84. The van der Waals surface area contributed by atoms with E-state index in [-0.39, 0.29) is 5.91 Å². The predicted molar refractivity (Wildman–Crippen MR) is 143 cm³/mol. The average molecular weight is 486 g/mol. The molecule has 7 heteroatoms. The molecule has 0 bridgehead atoms. The van der Waals surface area contributed by atoms with Crippen LogP contribution in [0, 0.1) is 0 Å². The molecule has 0 aliphatic carbocycles. The second kappa shape index (κ2) is 9.45. The highest BCUT2D eigenvalue weighted by Crippen LogP contribution is 2.37. The van der Waals surface area contributed by atoms with Crippen LogP contribution in [0.25, 0.3) is 0 Å². The number of hydrogen-bond acceptors (Lipinski definition) is 4. The summed E-state index contributed by atoms with van der Waals surface area (Å²) in [5, 5.41) is 0. The van der Waals surface area contributed by atoms with Crippen molar-refractivity contribution < 1.29 is 18.8 Å². The van der Waals surface area contributed by atoms with Crippen LogP contribution in [0.4, 0.5) is 5.69 Å². The van der Waals surface area contributed by atoms with Crippen molar-refractivity contribution in [1.82, 2.24) is 4.57 Å². The van der Waals surface area contributed by atoms with Gasteiger partial charge < -0.3 is 23.5 Å². The van der Waals surface area contributed by atoms with Crippen LogP contribution >= 0.6 is 0 Å². The smallest absolute Gasteiger partial charge is 0.489 e. The molecule has 3 aromatic rings. The highest BCUT2D eigenvalue weighted by atomic mass is 16.7. The summed E-state index contributed by atoms with van der Waals surface area (Å²) in [5.74, 6) is 0.745. The Labute approximate surface area is 214 Å². The molecule has 0 N–H and O–H groups in total. The van der Waals surface area contributed by atoms with Gasteiger partial charge in [-0.3, -0.25) is 4.79 Å². The Balaban J connectivity index is 1.35. The third kappa shape index (κ3) is 4.58. The van der Waals surface area contributed by atoms with Gasteiger partial charge in [0.1, 0.15) is 12.4 Å². The molecule has 1 fully saturated rings. The van der Waals surface area contributed by atoms with Crippen molar-refractivity contribution in [3.63, 3.8) is 0 Å². The maximum atomic E-state index is 13.7. The zero-order valence-corrected chi connectivity index (χ0v) is 21.9. The third-order valence-corrected chi connectivity index (χ3v) is 7.79. The largest absolute Gasteiger partial charge is 0.512 e. The van der Waals surface area contributed by atoms with Crippen molar-refractivity contribution in [2.24, 2.45) is 0 Å². The van der Waals surface area contributed by atoms with Gasteiger partial charge in [-0.15, -0.1) is 0 Å². The summed E-state index contributed by atoms with van der Waals surface area (Å²) >= 11 is 0. The maximum Gasteiger partial charge on any atom is 0.512 e. The first-order chi connectivity index (χ1) is 17.2. The van der Waals surface area contributed by atoms with Crippen molar-refractivity contribution in [3.05, 3.63) is 77.5 Å². The SMILES string of the molecule is CN(C(=O)c1cc(B2OC(C)(C)C(C)(C)O2)n2c1CCCC2)c1ccc(OCc2ccccc2)cc1. The lowest BCUT2D eigenvalue weighted by Gasteiger charge is -2.32. The minimum absolute atomic E-state index is 0.0265. The molecular formula is C29H35BN2O4. The molecule has 2 aromatic carbocycles. The lowest BCUT2D eigenvalue weighted by molar-refractivity contribution is 0.00578. The van der Waals surface area contributed by atoms with Crippen molar-refractivity contribution in [1.29, 1.82) is 0 Å². The molecule has 0 saturated carbocycles. The average Bonchev–Trinajstić information content (AvgIpc) is 3.36. The Kier molecular flexibility index (Phi) is 6.47. The Morgan fingerprint density at radius 3 is 2.33 bits per heavy atom. The monoisotopic (exact) mass is 486 g/mol. The summed E-state index contributed by atoms with van der Waals surface area (Å²) in [6.45, 7) is 9.60. The summed E-state index contributed by atoms with van der Waals surface area (Å²) in [4.78, 5) is 15.4. The fraction of sp³-hybridized carbons (Fsp3) is 0.414. The van der Waals surface area contributed by atoms with Gasteiger partial charge in [0, 0.05) is 30.6 Å². The van der Waals surface area contributed by atoms with E-state index in [4.69, 9.17) is 14.0 Å². The van der Waals surface area contributed by atoms with Crippen LogP contribution in [0.1, 0.15) is 62.2 Å². The minimum atomic E-state index is -0.486. The van der Waals surface area contributed by atoms with Gasteiger partial charge >= 0.3 is 7.12 Å². The summed E-state index contributed by atoms with van der Waals surface area (Å²) in [6.07, 6.45) is 3.03. The van der Waals surface area contributed by atoms with E-state index < -0.39 is 18.3 Å². The van der Waals surface area contributed by atoms with Gasteiger partial charge in [-0.1, -0.05) is 30.3 Å². The number of rotatable bonds is 6. The molecule has 6 nitrogen and oxygen atoms in total. The Morgan fingerprint density at radius 1 is 1.00 bits per heavy atom. The molecular weight excluding hydrogens is 451 g/mol. The van der Waals surface area contributed by atoms with Crippen LogP contribution in [0.5, 0.6) is 5.75 Å². The van der Waals surface area contributed by atoms with E-state index in [1.165, 1.54) is 0 Å². The molecule has 3 heterocycles. The minimum Gasteiger partial charge on any atom is -0.489 e. The standard InChI is InChI=1S/C29H35BN2O4/c1-28(2)29(3,4)36-30(35-28)26-19-24(25-13-9-10-18-32(25)26)27(33)31(5)22-14-16-23(17-15-22)34-20-21-11-7-6-8-12-21/h6-8,11-12,14-17,19H,9-10,13,18,20H2,1-5H3. The first-order valence-corrected chi connectivity index (χ1v) is 12.8. The van der Waals surface area contributed by atoms with Crippen LogP contribution in [-0.2, 0) is 28.9 Å². The van der Waals surface area contributed by atoms with Crippen molar-refractivity contribution in [2.75, 3.05) is 11.9 Å². The number of aromatic nitrogens is 1. The van der Waals surface area contributed by atoms with Crippen LogP contribution in [0.15, 0.2) is 60.7 Å². The first-order valence-electron chi connectivity index (χ1n) is 12.8. The number of amides is 1. The summed E-state index contributed by atoms with van der Waals surface area (Å²) in [6, 6.07) is 19.7. The van der Waals surface area contributed by atoms with Gasteiger partial charge in [-0.2, -0.15) is 0 Å². The van der Waals surface area contributed by atoms with Gasteiger partial charge in [0.05, 0.1) is 16.8 Å². The number of nitrogens with zero attached hydrogens (tertiary/aromatic N) is 2. The Bertz CT molecular complexity index is 1220. The van der Waals surface area contributed by atoms with Crippen molar-refractivity contribution >= 4 is 24.3 Å². The molecule has 188 valence electrons. The Morgan fingerprint density at radius 2 is 1.67 bits per heavy atom. The van der Waals surface area contributed by atoms with Crippen molar-refractivity contribution in [3.8, 4) is 5.75 Å². The first kappa shape index (κ1) is 24.7. The number of benzene rings is 2. The van der Waals surface area contributed by atoms with E-state index in [0.29, 0.717) is 6.61 Å². The fourth-order valence-corrected chi connectivity index (χ4v) is 4.86. The maximum absolute atomic E-state index is 13.7. The lowest BCUT2D eigenvalue weighted by Crippen LogP contribution is -2.41. The molecule has 1 aromatic heterocycles. The van der Waals surface area contributed by atoms with Crippen LogP contribution in [-0.4, -0.2) is 35.8 Å². The zero-order chi connectivity index (χ0) is 25.5. The van der Waals surface area contributed by atoms with E-state index in [9.17, 15) is 4.79 Å². The second-order valence-electron chi connectivity index (χ2n) is 10.8. The third-order valence-electron chi connectivity index (χ3n) is 7.79. The van der Waals surface area contributed by atoms with Crippen LogP contribution < -0.4 is 15.2 Å². The van der Waals surface area contributed by atoms with Gasteiger partial charge in [-0.05, 0) is 82.9 Å².